The van der Waals surface area contributed by atoms with E-state index in [4.69, 9.17) is 14.2 Å². The number of allylic oxidation sites excluding steroid dienone is 32. The van der Waals surface area contributed by atoms with Crippen molar-refractivity contribution >= 4 is 17.9 Å². The van der Waals surface area contributed by atoms with E-state index < -0.39 is 12.1 Å². The topological polar surface area (TPSA) is 78.9 Å². The predicted molar refractivity (Wildman–Crippen MR) is 315 cm³/mol. The molecule has 0 aromatic heterocycles. The van der Waals surface area contributed by atoms with Gasteiger partial charge in [-0.1, -0.05) is 222 Å². The fourth-order valence-corrected chi connectivity index (χ4v) is 6.53. The summed E-state index contributed by atoms with van der Waals surface area (Å²) >= 11 is 0. The molecule has 0 heterocycles. The van der Waals surface area contributed by atoms with Gasteiger partial charge in [0.1, 0.15) is 13.2 Å². The standard InChI is InChI=1S/C67H98O6/c1-4-7-10-13-16-19-22-25-27-29-31-32-33-34-36-37-39-42-45-48-51-54-57-60-66(69)72-63-64(62-71-65(68)59-56-53-50-47-44-41-24-21-18-15-12-9-6-3)73-67(70)61-58-55-52-49-46-43-40-38-35-30-28-26-23-20-17-14-11-8-5-2/h7-12,16-21,25-28,31-32,34-36,38-39,41-44,46,48,51-52,55,64H,4-6,13-15,22-24,29-30,33,37,40,45,47,49-50,53-54,56-63H2,1-3H3/b10-7-,11-8-,12-9-,19-16-,20-17-,21-18-,27-25-,28-26-,32-31-,36-34-,38-35-,42-39-,44-41-,46-43-,51-48-,55-52-. The molecule has 0 aliphatic heterocycles. The Bertz CT molecular complexity index is 1810. The maximum Gasteiger partial charge on any atom is 0.306 e. The van der Waals surface area contributed by atoms with Crippen LogP contribution in [0.5, 0.6) is 0 Å². The molecular weight excluding hydrogens is 901 g/mol. The Kier molecular flexibility index (Phi) is 54.2. The molecule has 0 fully saturated rings. The first-order valence-corrected chi connectivity index (χ1v) is 27.9. The zero-order valence-electron chi connectivity index (χ0n) is 45.8. The van der Waals surface area contributed by atoms with Crippen molar-refractivity contribution in [2.45, 2.75) is 194 Å². The van der Waals surface area contributed by atoms with Crippen molar-refractivity contribution in [2.24, 2.45) is 0 Å². The molecule has 0 saturated heterocycles. The molecule has 6 heteroatoms. The fraction of sp³-hybridized carbons (Fsp3) is 0.478. The Morgan fingerprint density at radius 2 is 0.534 bits per heavy atom. The largest absolute Gasteiger partial charge is 0.462 e. The summed E-state index contributed by atoms with van der Waals surface area (Å²) in [6.07, 6.45) is 90.1. The van der Waals surface area contributed by atoms with Gasteiger partial charge in [-0.2, -0.15) is 0 Å². The molecule has 1 atom stereocenters. The lowest BCUT2D eigenvalue weighted by molar-refractivity contribution is -0.166. The van der Waals surface area contributed by atoms with E-state index in [2.05, 4.69) is 203 Å². The smallest absolute Gasteiger partial charge is 0.306 e. The summed E-state index contributed by atoms with van der Waals surface area (Å²) in [6, 6.07) is 0. The van der Waals surface area contributed by atoms with Crippen molar-refractivity contribution in [3.63, 3.8) is 0 Å². The second-order valence-electron chi connectivity index (χ2n) is 17.3. The van der Waals surface area contributed by atoms with E-state index in [-0.39, 0.29) is 44.4 Å². The van der Waals surface area contributed by atoms with Gasteiger partial charge >= 0.3 is 17.9 Å². The lowest BCUT2D eigenvalue weighted by Gasteiger charge is -2.18. The van der Waals surface area contributed by atoms with E-state index in [9.17, 15) is 14.4 Å². The molecule has 0 spiro atoms. The van der Waals surface area contributed by atoms with Crippen LogP contribution >= 0.6 is 0 Å². The number of rotatable bonds is 47. The molecule has 0 rings (SSSR count). The lowest BCUT2D eigenvalue weighted by Crippen LogP contribution is -2.30. The maximum atomic E-state index is 12.8. The average molecular weight is 1000 g/mol. The molecule has 0 saturated carbocycles. The highest BCUT2D eigenvalue weighted by Crippen LogP contribution is 2.09. The van der Waals surface area contributed by atoms with Gasteiger partial charge < -0.3 is 14.2 Å². The molecule has 0 N–H and O–H groups in total. The molecule has 6 nitrogen and oxygen atoms in total. The Morgan fingerprint density at radius 1 is 0.274 bits per heavy atom. The van der Waals surface area contributed by atoms with Gasteiger partial charge in [0.15, 0.2) is 6.10 Å². The first kappa shape index (κ1) is 67.2. The third kappa shape index (κ3) is 57.0. The second kappa shape index (κ2) is 58.8. The van der Waals surface area contributed by atoms with Gasteiger partial charge in [0, 0.05) is 19.3 Å². The van der Waals surface area contributed by atoms with Gasteiger partial charge in [-0.3, -0.25) is 14.4 Å². The molecule has 0 aliphatic carbocycles. The van der Waals surface area contributed by atoms with E-state index in [1.807, 2.05) is 12.2 Å². The van der Waals surface area contributed by atoms with Crippen LogP contribution in [0.1, 0.15) is 188 Å². The van der Waals surface area contributed by atoms with E-state index in [0.717, 1.165) is 135 Å². The van der Waals surface area contributed by atoms with Crippen molar-refractivity contribution in [3.05, 3.63) is 194 Å². The van der Waals surface area contributed by atoms with Gasteiger partial charge in [0.2, 0.25) is 0 Å². The second-order valence-corrected chi connectivity index (χ2v) is 17.3. The molecular formula is C67H98O6. The highest BCUT2D eigenvalue weighted by Gasteiger charge is 2.19. The number of carbonyl (C=O) groups is 3. The summed E-state index contributed by atoms with van der Waals surface area (Å²) in [7, 11) is 0. The van der Waals surface area contributed by atoms with E-state index in [1.165, 1.54) is 0 Å². The van der Waals surface area contributed by atoms with Gasteiger partial charge in [0.05, 0.1) is 0 Å². The first-order chi connectivity index (χ1) is 36.0. The van der Waals surface area contributed by atoms with E-state index in [0.29, 0.717) is 12.8 Å². The Balaban J connectivity index is 4.66. The van der Waals surface area contributed by atoms with Crippen molar-refractivity contribution in [1.29, 1.82) is 0 Å². The molecule has 0 amide bonds. The average Bonchev–Trinajstić information content (AvgIpc) is 3.39. The Morgan fingerprint density at radius 3 is 0.849 bits per heavy atom. The molecule has 0 aliphatic rings. The van der Waals surface area contributed by atoms with Crippen molar-refractivity contribution in [2.75, 3.05) is 13.2 Å². The Hall–Kier alpha value is -5.75. The van der Waals surface area contributed by atoms with Gasteiger partial charge in [-0.15, -0.1) is 0 Å². The fourth-order valence-electron chi connectivity index (χ4n) is 6.53. The number of ether oxygens (including phenoxy) is 3. The highest BCUT2D eigenvalue weighted by atomic mass is 16.6. The first-order valence-electron chi connectivity index (χ1n) is 27.9. The number of hydrogen-bond acceptors (Lipinski definition) is 6. The molecule has 0 bridgehead atoms. The zero-order chi connectivity index (χ0) is 52.9. The number of unbranched alkanes of at least 4 members (excludes halogenated alkanes) is 4. The number of carbonyl (C=O) groups excluding carboxylic acids is 3. The minimum Gasteiger partial charge on any atom is -0.462 e. The minimum atomic E-state index is -0.867. The zero-order valence-corrected chi connectivity index (χ0v) is 45.8. The van der Waals surface area contributed by atoms with Crippen LogP contribution in [0.15, 0.2) is 194 Å². The summed E-state index contributed by atoms with van der Waals surface area (Å²) in [4.78, 5) is 38.1. The normalized spacial score (nSPS) is 13.6. The summed E-state index contributed by atoms with van der Waals surface area (Å²) in [5.41, 5.74) is 0. The van der Waals surface area contributed by atoms with Crippen LogP contribution in [0.2, 0.25) is 0 Å². The van der Waals surface area contributed by atoms with Gasteiger partial charge in [-0.25, -0.2) is 0 Å². The third-order valence-electron chi connectivity index (χ3n) is 10.6. The summed E-state index contributed by atoms with van der Waals surface area (Å²) in [6.45, 7) is 6.12. The van der Waals surface area contributed by atoms with Crippen LogP contribution in [0.4, 0.5) is 0 Å². The van der Waals surface area contributed by atoms with Crippen molar-refractivity contribution in [3.8, 4) is 0 Å². The maximum absolute atomic E-state index is 12.8. The number of esters is 3. The summed E-state index contributed by atoms with van der Waals surface area (Å²) in [5, 5.41) is 0. The monoisotopic (exact) mass is 999 g/mol. The molecule has 0 radical (unpaired) electrons. The summed E-state index contributed by atoms with van der Waals surface area (Å²) < 4.78 is 16.7. The highest BCUT2D eigenvalue weighted by molar-refractivity contribution is 5.71. The van der Waals surface area contributed by atoms with Crippen LogP contribution in [0, 0.1) is 0 Å². The van der Waals surface area contributed by atoms with Crippen molar-refractivity contribution < 1.29 is 28.6 Å². The molecule has 402 valence electrons. The van der Waals surface area contributed by atoms with Crippen LogP contribution in [0.25, 0.3) is 0 Å². The minimum absolute atomic E-state index is 0.153. The molecule has 1 unspecified atom stereocenters. The van der Waals surface area contributed by atoms with Crippen LogP contribution < -0.4 is 0 Å². The lowest BCUT2D eigenvalue weighted by atomic mass is 10.1. The molecule has 0 aromatic carbocycles. The van der Waals surface area contributed by atoms with Crippen LogP contribution in [0.3, 0.4) is 0 Å². The van der Waals surface area contributed by atoms with Crippen LogP contribution in [-0.4, -0.2) is 37.2 Å². The Labute approximate surface area is 446 Å². The molecule has 73 heavy (non-hydrogen) atoms. The number of hydrogen-bond donors (Lipinski definition) is 0. The van der Waals surface area contributed by atoms with E-state index in [1.54, 1.807) is 0 Å². The van der Waals surface area contributed by atoms with Crippen molar-refractivity contribution in [1.82, 2.24) is 0 Å². The van der Waals surface area contributed by atoms with Gasteiger partial charge in [0.25, 0.3) is 0 Å². The summed E-state index contributed by atoms with van der Waals surface area (Å²) in [5.74, 6) is -1.14. The van der Waals surface area contributed by atoms with Gasteiger partial charge in [-0.05, 0) is 141 Å². The molecule has 0 aromatic rings. The SMILES string of the molecule is CC/C=C\C/C=C\C/C=C\C/C=C\C/C=C\C/C=C\C/C=C\CCCC(=O)OCC(COC(=O)CCCCC/C=C\C/C=C\C/C=C\CC)OC(=O)CC/C=C\C/C=C\C/C=C\C/C=C\C/C=C\C/C=C\CC. The third-order valence-corrected chi connectivity index (χ3v) is 10.6. The van der Waals surface area contributed by atoms with E-state index >= 15 is 0 Å². The predicted octanol–water partition coefficient (Wildman–Crippen LogP) is 19.1. The van der Waals surface area contributed by atoms with Crippen LogP contribution in [-0.2, 0) is 28.6 Å². The quantitative estimate of drug-likeness (QED) is 0.0262.